The van der Waals surface area contributed by atoms with Crippen LogP contribution in [0.2, 0.25) is 0 Å². The molecule has 1 atom stereocenters. The summed E-state index contributed by atoms with van der Waals surface area (Å²) in [7, 11) is 0. The van der Waals surface area contributed by atoms with Crippen LogP contribution in [0.1, 0.15) is 86.1 Å². The van der Waals surface area contributed by atoms with Gasteiger partial charge in [-0.1, -0.05) is 110 Å². The van der Waals surface area contributed by atoms with Gasteiger partial charge in [0.05, 0.1) is 0 Å². The summed E-state index contributed by atoms with van der Waals surface area (Å²) in [6.07, 6.45) is 6.25. The molecule has 0 unspecified atom stereocenters. The second-order valence-corrected chi connectivity index (χ2v) is 8.00. The second kappa shape index (κ2) is 15.9. The highest BCUT2D eigenvalue weighted by molar-refractivity contribution is 5.90. The molecule has 2 aromatic rings. The summed E-state index contributed by atoms with van der Waals surface area (Å²) in [5, 5.41) is 2.35. The number of carbonyl (C=O) groups excluding carboxylic acids is 2. The quantitative estimate of drug-likeness (QED) is 0.454. The summed E-state index contributed by atoms with van der Waals surface area (Å²) in [6, 6.07) is 14.3. The van der Waals surface area contributed by atoms with Crippen molar-refractivity contribution in [3.63, 3.8) is 0 Å². The molecule has 0 fully saturated rings. The fourth-order valence-electron chi connectivity index (χ4n) is 2.83. The van der Waals surface area contributed by atoms with Crippen LogP contribution in [0.4, 0.5) is 0 Å². The highest BCUT2D eigenvalue weighted by Crippen LogP contribution is 2.24. The Morgan fingerprint density at radius 3 is 1.79 bits per heavy atom. The molecule has 2 nitrogen and oxygen atoms in total. The Bertz CT molecular complexity index is 702. The summed E-state index contributed by atoms with van der Waals surface area (Å²) in [4.78, 5) is 23.8. The molecule has 0 N–H and O–H groups in total. The minimum Gasteiger partial charge on any atom is -0.300 e. The maximum Gasteiger partial charge on any atom is 0.139 e. The summed E-state index contributed by atoms with van der Waals surface area (Å²) >= 11 is 0. The van der Waals surface area contributed by atoms with Crippen molar-refractivity contribution < 1.29 is 9.59 Å². The topological polar surface area (TPSA) is 34.1 Å². The lowest BCUT2D eigenvalue weighted by molar-refractivity contribution is -0.129. The normalized spacial score (nSPS) is 11.2. The summed E-state index contributed by atoms with van der Waals surface area (Å²) in [5.74, 6) is 0.00463. The van der Waals surface area contributed by atoms with Gasteiger partial charge in [0, 0.05) is 18.3 Å². The average Bonchev–Trinajstić information content (AvgIpc) is 2.73. The molecule has 2 aromatic carbocycles. The number of ketones is 2. The second-order valence-electron chi connectivity index (χ2n) is 8.00. The van der Waals surface area contributed by atoms with Gasteiger partial charge in [-0.25, -0.2) is 0 Å². The Labute approximate surface area is 179 Å². The van der Waals surface area contributed by atoms with Gasteiger partial charge in [-0.15, -0.1) is 0 Å². The van der Waals surface area contributed by atoms with Crippen molar-refractivity contribution in [1.82, 2.24) is 0 Å². The lowest BCUT2D eigenvalue weighted by Gasteiger charge is -2.18. The van der Waals surface area contributed by atoms with Crippen LogP contribution in [0.3, 0.4) is 0 Å². The molecule has 0 aliphatic heterocycles. The van der Waals surface area contributed by atoms with E-state index in [1.165, 1.54) is 36.5 Å². The van der Waals surface area contributed by atoms with Gasteiger partial charge in [0.15, 0.2) is 0 Å². The van der Waals surface area contributed by atoms with E-state index in [1.54, 1.807) is 6.92 Å². The molecule has 0 amide bonds. The van der Waals surface area contributed by atoms with Crippen LogP contribution in [0.25, 0.3) is 10.8 Å². The zero-order valence-electron chi connectivity index (χ0n) is 19.8. The van der Waals surface area contributed by atoms with Crippen molar-refractivity contribution in [2.45, 2.75) is 87.0 Å². The van der Waals surface area contributed by atoms with Gasteiger partial charge >= 0.3 is 0 Å². The van der Waals surface area contributed by atoms with Crippen LogP contribution < -0.4 is 0 Å². The zero-order chi connectivity index (χ0) is 22.2. The highest BCUT2D eigenvalue weighted by atomic mass is 16.1. The van der Waals surface area contributed by atoms with Gasteiger partial charge in [0.25, 0.3) is 0 Å². The number of fused-ring (bicyclic) bond motifs is 1. The Kier molecular flexibility index (Phi) is 14.8. The molecule has 2 rings (SSSR count). The SMILES string of the molecule is CC(=O)C[C@@H](Cc1cccc2ccccc12)C(=O)C(C)C.CCCC.CCCC. The van der Waals surface area contributed by atoms with Crippen LogP contribution in [-0.2, 0) is 16.0 Å². The van der Waals surface area contributed by atoms with E-state index in [1.807, 2.05) is 32.0 Å². The van der Waals surface area contributed by atoms with Crippen molar-refractivity contribution in [2.75, 3.05) is 0 Å². The highest BCUT2D eigenvalue weighted by Gasteiger charge is 2.23. The minimum atomic E-state index is -0.215. The minimum absolute atomic E-state index is 0.0377. The molecule has 0 heterocycles. The standard InChI is InChI=1S/C19H22O2.2C4H10/c1-13(2)19(21)17(11-14(3)20)12-16-9-6-8-15-7-4-5-10-18(15)16;2*1-3-4-2/h4-10,13,17H,11-12H2,1-3H3;2*3-4H2,1-2H3/t17-;;/m0../s1. The summed E-state index contributed by atoms with van der Waals surface area (Å²) in [6.45, 7) is 14.1. The van der Waals surface area contributed by atoms with E-state index in [0.29, 0.717) is 12.8 Å². The zero-order valence-corrected chi connectivity index (χ0v) is 19.8. The first kappa shape index (κ1) is 27.0. The lowest BCUT2D eigenvalue weighted by atomic mass is 9.85. The first-order chi connectivity index (χ1) is 13.8. The fourth-order valence-corrected chi connectivity index (χ4v) is 2.83. The van der Waals surface area contributed by atoms with Gasteiger partial charge in [0.2, 0.25) is 0 Å². The molecule has 0 bridgehead atoms. The van der Waals surface area contributed by atoms with E-state index in [2.05, 4.69) is 52.0 Å². The van der Waals surface area contributed by atoms with Gasteiger partial charge in [0.1, 0.15) is 11.6 Å². The van der Waals surface area contributed by atoms with Gasteiger partial charge in [-0.3, -0.25) is 4.79 Å². The van der Waals surface area contributed by atoms with Crippen LogP contribution in [0.5, 0.6) is 0 Å². The monoisotopic (exact) mass is 398 g/mol. The Morgan fingerprint density at radius 1 is 0.793 bits per heavy atom. The van der Waals surface area contributed by atoms with E-state index in [9.17, 15) is 9.59 Å². The summed E-state index contributed by atoms with van der Waals surface area (Å²) < 4.78 is 0. The smallest absolute Gasteiger partial charge is 0.139 e. The van der Waals surface area contributed by atoms with Crippen LogP contribution in [0.15, 0.2) is 42.5 Å². The number of unbranched alkanes of at least 4 members (excludes halogenated alkanes) is 2. The third-order valence-electron chi connectivity index (χ3n) is 4.85. The number of Topliss-reactive ketones (excluding diaryl/α,β-unsaturated/α-hetero) is 2. The first-order valence-corrected chi connectivity index (χ1v) is 11.3. The molecule has 162 valence electrons. The predicted octanol–water partition coefficient (Wildman–Crippen LogP) is 7.82. The molecular formula is C27H42O2. The molecule has 0 saturated heterocycles. The molecule has 0 aliphatic rings. The van der Waals surface area contributed by atoms with Gasteiger partial charge in [-0.05, 0) is 29.7 Å². The molecule has 2 heteroatoms. The molecular weight excluding hydrogens is 356 g/mol. The fraction of sp³-hybridized carbons (Fsp3) is 0.556. The molecule has 0 aromatic heterocycles. The maximum atomic E-state index is 12.4. The van der Waals surface area contributed by atoms with E-state index in [4.69, 9.17) is 0 Å². The summed E-state index contributed by atoms with van der Waals surface area (Å²) in [5.41, 5.74) is 1.15. The first-order valence-electron chi connectivity index (χ1n) is 11.3. The van der Waals surface area contributed by atoms with E-state index >= 15 is 0 Å². The molecule has 29 heavy (non-hydrogen) atoms. The Balaban J connectivity index is 0.000000837. The van der Waals surface area contributed by atoms with E-state index in [-0.39, 0.29) is 23.4 Å². The van der Waals surface area contributed by atoms with E-state index in [0.717, 1.165) is 5.56 Å². The molecule has 0 radical (unpaired) electrons. The third-order valence-corrected chi connectivity index (χ3v) is 4.85. The number of benzene rings is 2. The maximum absolute atomic E-state index is 12.4. The number of carbonyl (C=O) groups is 2. The van der Waals surface area contributed by atoms with Crippen LogP contribution >= 0.6 is 0 Å². The van der Waals surface area contributed by atoms with Crippen molar-refractivity contribution in [2.24, 2.45) is 11.8 Å². The third kappa shape index (κ3) is 11.0. The number of hydrogen-bond donors (Lipinski definition) is 0. The van der Waals surface area contributed by atoms with Crippen molar-refractivity contribution in [3.05, 3.63) is 48.0 Å². The molecule has 0 aliphatic carbocycles. The molecule has 0 spiro atoms. The largest absolute Gasteiger partial charge is 0.300 e. The van der Waals surface area contributed by atoms with Crippen LogP contribution in [-0.4, -0.2) is 11.6 Å². The predicted molar refractivity (Wildman–Crippen MR) is 127 cm³/mol. The molecule has 0 saturated carbocycles. The lowest BCUT2D eigenvalue weighted by Crippen LogP contribution is -2.24. The van der Waals surface area contributed by atoms with Crippen molar-refractivity contribution in [1.29, 1.82) is 0 Å². The Morgan fingerprint density at radius 2 is 1.31 bits per heavy atom. The van der Waals surface area contributed by atoms with Crippen LogP contribution in [0, 0.1) is 11.8 Å². The average molecular weight is 399 g/mol. The Hall–Kier alpha value is -1.96. The van der Waals surface area contributed by atoms with Crippen molar-refractivity contribution >= 4 is 22.3 Å². The van der Waals surface area contributed by atoms with Gasteiger partial charge < -0.3 is 4.79 Å². The number of rotatable bonds is 8. The van der Waals surface area contributed by atoms with Crippen molar-refractivity contribution in [3.8, 4) is 0 Å². The van der Waals surface area contributed by atoms with Gasteiger partial charge in [-0.2, -0.15) is 0 Å². The van der Waals surface area contributed by atoms with E-state index < -0.39 is 0 Å². The number of hydrogen-bond acceptors (Lipinski definition) is 2.